The van der Waals surface area contributed by atoms with Crippen molar-refractivity contribution < 1.29 is 0 Å². The number of nitrogens with zero attached hydrogens (tertiary/aromatic N) is 4. The van der Waals surface area contributed by atoms with Crippen molar-refractivity contribution in [2.45, 2.75) is 19.8 Å². The van der Waals surface area contributed by atoms with Gasteiger partial charge in [-0.25, -0.2) is 15.8 Å². The molecule has 1 fully saturated rings. The quantitative estimate of drug-likeness (QED) is 0.613. The van der Waals surface area contributed by atoms with Gasteiger partial charge in [-0.1, -0.05) is 0 Å². The Kier molecular flexibility index (Phi) is 2.79. The molecule has 96 valence electrons. The van der Waals surface area contributed by atoms with Gasteiger partial charge in [0.15, 0.2) is 17.3 Å². The van der Waals surface area contributed by atoms with Crippen LogP contribution in [-0.2, 0) is 0 Å². The molecule has 0 bridgehead atoms. The zero-order chi connectivity index (χ0) is 12.5. The van der Waals surface area contributed by atoms with Crippen LogP contribution in [0.15, 0.2) is 18.6 Å². The highest BCUT2D eigenvalue weighted by Gasteiger charge is 2.25. The minimum atomic E-state index is 0.657. The van der Waals surface area contributed by atoms with Gasteiger partial charge in [0.25, 0.3) is 0 Å². The molecule has 0 aromatic carbocycles. The van der Waals surface area contributed by atoms with Gasteiger partial charge in [0.2, 0.25) is 0 Å². The van der Waals surface area contributed by atoms with Crippen LogP contribution in [0.25, 0.3) is 5.65 Å². The molecule has 0 atom stereocenters. The first kappa shape index (κ1) is 11.3. The van der Waals surface area contributed by atoms with Crippen LogP contribution in [0, 0.1) is 5.92 Å². The minimum absolute atomic E-state index is 0.657. The number of nitrogens with one attached hydrogen (secondary N) is 1. The highest BCUT2D eigenvalue weighted by Crippen LogP contribution is 2.32. The molecule has 0 aliphatic heterocycles. The first-order valence-corrected chi connectivity index (χ1v) is 6.37. The maximum absolute atomic E-state index is 5.47. The summed E-state index contributed by atoms with van der Waals surface area (Å²) in [4.78, 5) is 11.2. The Morgan fingerprint density at radius 3 is 3.06 bits per heavy atom. The van der Waals surface area contributed by atoms with E-state index in [0.717, 1.165) is 30.5 Å². The Bertz CT molecular complexity index is 544. The van der Waals surface area contributed by atoms with Crippen molar-refractivity contribution >= 4 is 17.3 Å². The van der Waals surface area contributed by atoms with E-state index in [1.807, 2.05) is 16.8 Å². The second-order valence-corrected chi connectivity index (χ2v) is 4.73. The van der Waals surface area contributed by atoms with Gasteiger partial charge in [0.05, 0.1) is 6.20 Å². The number of nitrogen functional groups attached to an aromatic ring is 1. The molecule has 18 heavy (non-hydrogen) atoms. The first-order valence-electron chi connectivity index (χ1n) is 6.37. The lowest BCUT2D eigenvalue weighted by Crippen LogP contribution is -2.27. The zero-order valence-corrected chi connectivity index (χ0v) is 10.5. The molecule has 0 spiro atoms. The molecule has 0 amide bonds. The molecule has 1 aliphatic rings. The number of rotatable bonds is 5. The molecule has 1 saturated carbocycles. The summed E-state index contributed by atoms with van der Waals surface area (Å²) in [6, 6.07) is 0. The van der Waals surface area contributed by atoms with Crippen LogP contribution >= 0.6 is 0 Å². The van der Waals surface area contributed by atoms with E-state index in [2.05, 4.69) is 27.2 Å². The van der Waals surface area contributed by atoms with Gasteiger partial charge in [-0.15, -0.1) is 0 Å². The van der Waals surface area contributed by atoms with Crippen molar-refractivity contribution in [3.05, 3.63) is 18.6 Å². The van der Waals surface area contributed by atoms with E-state index in [1.165, 1.54) is 12.8 Å². The van der Waals surface area contributed by atoms with Crippen molar-refractivity contribution in [3.8, 4) is 0 Å². The average molecular weight is 246 g/mol. The predicted octanol–water partition coefficient (Wildman–Crippen LogP) is 1.25. The minimum Gasteiger partial charge on any atom is -0.353 e. The summed E-state index contributed by atoms with van der Waals surface area (Å²) in [5.41, 5.74) is 3.50. The van der Waals surface area contributed by atoms with Crippen LogP contribution in [0.5, 0.6) is 0 Å². The molecule has 3 N–H and O–H groups in total. The van der Waals surface area contributed by atoms with Gasteiger partial charge in [-0.3, -0.25) is 0 Å². The Balaban J connectivity index is 2.03. The van der Waals surface area contributed by atoms with Crippen molar-refractivity contribution in [1.29, 1.82) is 0 Å². The second kappa shape index (κ2) is 4.45. The molecular formula is C12H18N6. The SMILES string of the molecule is CCN(CC1CC1)c1nc(NN)cn2ccnc12. The lowest BCUT2D eigenvalue weighted by atomic mass is 10.3. The first-order chi connectivity index (χ1) is 8.81. The van der Waals surface area contributed by atoms with Crippen LogP contribution in [0.2, 0.25) is 0 Å². The summed E-state index contributed by atoms with van der Waals surface area (Å²) in [5.74, 6) is 7.85. The van der Waals surface area contributed by atoms with Gasteiger partial charge in [-0.2, -0.15) is 0 Å². The molecule has 2 heterocycles. The van der Waals surface area contributed by atoms with E-state index < -0.39 is 0 Å². The fraction of sp³-hybridized carbons (Fsp3) is 0.500. The van der Waals surface area contributed by atoms with Crippen molar-refractivity contribution in [1.82, 2.24) is 14.4 Å². The number of anilines is 2. The summed E-state index contributed by atoms with van der Waals surface area (Å²) >= 11 is 0. The Hall–Kier alpha value is -1.82. The number of aromatic nitrogens is 3. The lowest BCUT2D eigenvalue weighted by Gasteiger charge is -2.22. The highest BCUT2D eigenvalue weighted by atomic mass is 15.3. The van der Waals surface area contributed by atoms with Crippen molar-refractivity contribution in [3.63, 3.8) is 0 Å². The highest BCUT2D eigenvalue weighted by molar-refractivity contribution is 5.66. The average Bonchev–Trinajstić information content (AvgIpc) is 3.09. The molecule has 2 aromatic heterocycles. The molecule has 0 radical (unpaired) electrons. The maximum Gasteiger partial charge on any atom is 0.180 e. The van der Waals surface area contributed by atoms with Crippen LogP contribution in [-0.4, -0.2) is 27.5 Å². The maximum atomic E-state index is 5.47. The summed E-state index contributed by atoms with van der Waals surface area (Å²) < 4.78 is 1.95. The van der Waals surface area contributed by atoms with E-state index >= 15 is 0 Å². The standard InChI is InChI=1S/C12H18N6/c1-2-17(7-9-3-4-9)12-11-14-5-6-18(11)8-10(15-12)16-13/h5-6,8-9,16H,2-4,7,13H2,1H3. The monoisotopic (exact) mass is 246 g/mol. The number of hydrazine groups is 1. The van der Waals surface area contributed by atoms with Gasteiger partial charge in [0.1, 0.15) is 0 Å². The van der Waals surface area contributed by atoms with Crippen LogP contribution in [0.3, 0.4) is 0 Å². The summed E-state index contributed by atoms with van der Waals surface area (Å²) in [7, 11) is 0. The normalized spacial score (nSPS) is 15.0. The van der Waals surface area contributed by atoms with Crippen LogP contribution in [0.1, 0.15) is 19.8 Å². The summed E-state index contributed by atoms with van der Waals surface area (Å²) in [6.07, 6.45) is 8.20. The third-order valence-electron chi connectivity index (χ3n) is 3.36. The van der Waals surface area contributed by atoms with E-state index in [1.54, 1.807) is 6.20 Å². The third-order valence-corrected chi connectivity index (χ3v) is 3.36. The lowest BCUT2D eigenvalue weighted by molar-refractivity contribution is 0.732. The van der Waals surface area contributed by atoms with E-state index in [-0.39, 0.29) is 0 Å². The molecule has 1 aliphatic carbocycles. The molecular weight excluding hydrogens is 228 g/mol. The van der Waals surface area contributed by atoms with Gasteiger partial charge in [-0.05, 0) is 25.7 Å². The molecule has 2 aromatic rings. The largest absolute Gasteiger partial charge is 0.353 e. The van der Waals surface area contributed by atoms with Gasteiger partial charge < -0.3 is 14.7 Å². The number of imidazole rings is 1. The fourth-order valence-corrected chi connectivity index (χ4v) is 2.17. The van der Waals surface area contributed by atoms with Crippen LogP contribution in [0.4, 0.5) is 11.6 Å². The Morgan fingerprint density at radius 1 is 1.56 bits per heavy atom. The molecule has 6 nitrogen and oxygen atoms in total. The van der Waals surface area contributed by atoms with Gasteiger partial charge >= 0.3 is 0 Å². The summed E-state index contributed by atoms with van der Waals surface area (Å²) in [6.45, 7) is 4.13. The summed E-state index contributed by atoms with van der Waals surface area (Å²) in [5, 5.41) is 0. The Labute approximate surface area is 106 Å². The van der Waals surface area contributed by atoms with E-state index in [9.17, 15) is 0 Å². The van der Waals surface area contributed by atoms with Crippen LogP contribution < -0.4 is 16.2 Å². The van der Waals surface area contributed by atoms with E-state index in [4.69, 9.17) is 5.84 Å². The van der Waals surface area contributed by atoms with Crippen molar-refractivity contribution in [2.24, 2.45) is 11.8 Å². The zero-order valence-electron chi connectivity index (χ0n) is 10.5. The molecule has 0 saturated heterocycles. The number of hydrogen-bond donors (Lipinski definition) is 2. The smallest absolute Gasteiger partial charge is 0.180 e. The second-order valence-electron chi connectivity index (χ2n) is 4.73. The van der Waals surface area contributed by atoms with Gasteiger partial charge in [0, 0.05) is 25.5 Å². The number of nitrogens with two attached hydrogens (primary N) is 1. The number of hydrogen-bond acceptors (Lipinski definition) is 5. The molecule has 0 unspecified atom stereocenters. The van der Waals surface area contributed by atoms with E-state index in [0.29, 0.717) is 5.82 Å². The predicted molar refractivity (Wildman–Crippen MR) is 71.4 cm³/mol. The topological polar surface area (TPSA) is 71.5 Å². The Morgan fingerprint density at radius 2 is 2.39 bits per heavy atom. The van der Waals surface area contributed by atoms with Crippen molar-refractivity contribution in [2.75, 3.05) is 23.4 Å². The molecule has 3 rings (SSSR count). The third kappa shape index (κ3) is 1.99. The number of fused-ring (bicyclic) bond motifs is 1. The fourth-order valence-electron chi connectivity index (χ4n) is 2.17. The molecule has 6 heteroatoms.